The Balaban J connectivity index is 2.07. The Morgan fingerprint density at radius 1 is 1.09 bits per heavy atom. The molecule has 1 heterocycles. The van der Waals surface area contributed by atoms with E-state index >= 15 is 0 Å². The summed E-state index contributed by atoms with van der Waals surface area (Å²) in [5, 5.41) is 9.58. The zero-order valence-corrected chi connectivity index (χ0v) is 14.4. The average molecular weight is 341 g/mol. The van der Waals surface area contributed by atoms with Crippen LogP contribution >= 0.6 is 11.3 Å². The van der Waals surface area contributed by atoms with Gasteiger partial charge in [0.25, 0.3) is 0 Å². The van der Waals surface area contributed by atoms with Crippen LogP contribution < -0.4 is 16.0 Å². The summed E-state index contributed by atoms with van der Waals surface area (Å²) in [4.78, 5) is 35.5. The summed E-state index contributed by atoms with van der Waals surface area (Å²) in [6.45, 7) is 5.69. The molecule has 128 valence electrons. The Hall–Kier alpha value is -2.09. The number of amides is 3. The normalized spacial score (nSPS) is 10.7. The van der Waals surface area contributed by atoms with Crippen molar-refractivity contribution in [3.63, 3.8) is 0 Å². The summed E-state index contributed by atoms with van der Waals surface area (Å²) >= 11 is 1.53. The third-order valence-corrected chi connectivity index (χ3v) is 3.35. The van der Waals surface area contributed by atoms with Crippen molar-refractivity contribution in [1.82, 2.24) is 16.0 Å². The molecule has 0 saturated heterocycles. The van der Waals surface area contributed by atoms with Crippen LogP contribution in [-0.4, -0.2) is 43.1 Å². The Kier molecular flexibility index (Phi) is 7.53. The van der Waals surface area contributed by atoms with Gasteiger partial charge in [-0.1, -0.05) is 6.07 Å². The van der Waals surface area contributed by atoms with Crippen LogP contribution in [0.5, 0.6) is 0 Å². The van der Waals surface area contributed by atoms with E-state index in [0.717, 1.165) is 4.88 Å². The maximum atomic E-state index is 11.6. The molecule has 1 aromatic heterocycles. The zero-order chi connectivity index (χ0) is 17.3. The first-order chi connectivity index (χ1) is 10.8. The highest BCUT2D eigenvalue weighted by atomic mass is 32.1. The number of hydrogen-bond donors (Lipinski definition) is 3. The van der Waals surface area contributed by atoms with E-state index in [-0.39, 0.29) is 18.4 Å². The minimum atomic E-state index is -0.642. The van der Waals surface area contributed by atoms with Crippen molar-refractivity contribution in [2.75, 3.05) is 19.6 Å². The summed E-state index contributed by atoms with van der Waals surface area (Å²) in [5.74, 6) is -0.433. The van der Waals surface area contributed by atoms with Gasteiger partial charge < -0.3 is 20.7 Å². The summed E-state index contributed by atoms with van der Waals surface area (Å²) in [6, 6.07) is 3.79. The highest BCUT2D eigenvalue weighted by molar-refractivity contribution is 7.10. The van der Waals surface area contributed by atoms with Crippen molar-refractivity contribution >= 4 is 29.2 Å². The SMILES string of the molecule is CC(C)(C)OC(=O)NCC(=O)NCCNC(=O)Cc1cccs1. The van der Waals surface area contributed by atoms with Crippen LogP contribution in [0.15, 0.2) is 17.5 Å². The van der Waals surface area contributed by atoms with E-state index in [1.54, 1.807) is 20.8 Å². The third-order valence-electron chi connectivity index (χ3n) is 2.48. The minimum Gasteiger partial charge on any atom is -0.444 e. The van der Waals surface area contributed by atoms with Crippen LogP contribution in [0.3, 0.4) is 0 Å². The van der Waals surface area contributed by atoms with Gasteiger partial charge in [-0.05, 0) is 32.2 Å². The van der Waals surface area contributed by atoms with Gasteiger partial charge in [-0.15, -0.1) is 11.3 Å². The van der Waals surface area contributed by atoms with Crippen molar-refractivity contribution < 1.29 is 19.1 Å². The quantitative estimate of drug-likeness (QED) is 0.646. The number of thiophene rings is 1. The van der Waals surface area contributed by atoms with Crippen LogP contribution in [0.1, 0.15) is 25.6 Å². The number of hydrogen-bond acceptors (Lipinski definition) is 5. The molecule has 0 saturated carbocycles. The van der Waals surface area contributed by atoms with E-state index in [1.165, 1.54) is 11.3 Å². The fourth-order valence-corrected chi connectivity index (χ4v) is 2.27. The molecule has 1 aromatic rings. The first-order valence-electron chi connectivity index (χ1n) is 7.29. The molecule has 1 rings (SSSR count). The molecule has 0 aromatic carbocycles. The van der Waals surface area contributed by atoms with Gasteiger partial charge in [-0.2, -0.15) is 0 Å². The van der Waals surface area contributed by atoms with Crippen molar-refractivity contribution in [2.24, 2.45) is 0 Å². The number of rotatable bonds is 7. The fraction of sp³-hybridized carbons (Fsp3) is 0.533. The third kappa shape index (κ3) is 9.51. The molecule has 0 atom stereocenters. The summed E-state index contributed by atoms with van der Waals surface area (Å²) < 4.78 is 5.01. The van der Waals surface area contributed by atoms with E-state index in [9.17, 15) is 14.4 Å². The average Bonchev–Trinajstić information content (AvgIpc) is 2.92. The van der Waals surface area contributed by atoms with Gasteiger partial charge in [0.05, 0.1) is 13.0 Å². The Morgan fingerprint density at radius 2 is 1.74 bits per heavy atom. The van der Waals surface area contributed by atoms with Gasteiger partial charge in [-0.25, -0.2) is 4.79 Å². The maximum absolute atomic E-state index is 11.6. The lowest BCUT2D eigenvalue weighted by atomic mass is 10.2. The largest absolute Gasteiger partial charge is 0.444 e. The second-order valence-corrected chi connectivity index (χ2v) is 6.84. The van der Waals surface area contributed by atoms with E-state index in [4.69, 9.17) is 4.74 Å². The number of carbonyl (C=O) groups is 3. The number of ether oxygens (including phenoxy) is 1. The lowest BCUT2D eigenvalue weighted by molar-refractivity contribution is -0.122. The molecule has 0 aliphatic carbocycles. The topological polar surface area (TPSA) is 96.5 Å². The Morgan fingerprint density at radius 3 is 2.30 bits per heavy atom. The smallest absolute Gasteiger partial charge is 0.408 e. The van der Waals surface area contributed by atoms with E-state index in [1.807, 2.05) is 17.5 Å². The fourth-order valence-electron chi connectivity index (χ4n) is 1.57. The second kappa shape index (κ2) is 9.14. The molecule has 0 fully saturated rings. The maximum Gasteiger partial charge on any atom is 0.408 e. The molecule has 3 N–H and O–H groups in total. The Bertz CT molecular complexity index is 523. The highest BCUT2D eigenvalue weighted by Gasteiger charge is 2.16. The predicted octanol–water partition coefficient (Wildman–Crippen LogP) is 1.05. The standard InChI is InChI=1S/C15H23N3O4S/c1-15(2,3)22-14(21)18-10-13(20)17-7-6-16-12(19)9-11-5-4-8-23-11/h4-5,8H,6-7,9-10H2,1-3H3,(H,16,19)(H,17,20)(H,18,21). The monoisotopic (exact) mass is 341 g/mol. The lowest BCUT2D eigenvalue weighted by Crippen LogP contribution is -2.42. The lowest BCUT2D eigenvalue weighted by Gasteiger charge is -2.19. The van der Waals surface area contributed by atoms with E-state index in [0.29, 0.717) is 19.5 Å². The van der Waals surface area contributed by atoms with Gasteiger partial charge in [0, 0.05) is 18.0 Å². The molecule has 23 heavy (non-hydrogen) atoms. The van der Waals surface area contributed by atoms with Gasteiger partial charge in [0.1, 0.15) is 5.60 Å². The molecule has 0 radical (unpaired) electrons. The molecular formula is C15H23N3O4S. The van der Waals surface area contributed by atoms with E-state index < -0.39 is 11.7 Å². The Labute approximate surface area is 139 Å². The molecular weight excluding hydrogens is 318 g/mol. The van der Waals surface area contributed by atoms with Crippen LogP contribution in [-0.2, 0) is 20.7 Å². The number of alkyl carbamates (subject to hydrolysis) is 1. The van der Waals surface area contributed by atoms with Crippen LogP contribution in [0.2, 0.25) is 0 Å². The van der Waals surface area contributed by atoms with Gasteiger partial charge in [0.2, 0.25) is 11.8 Å². The van der Waals surface area contributed by atoms with Crippen LogP contribution in [0.4, 0.5) is 4.79 Å². The molecule has 0 aliphatic rings. The predicted molar refractivity (Wildman–Crippen MR) is 88.3 cm³/mol. The zero-order valence-electron chi connectivity index (χ0n) is 13.6. The van der Waals surface area contributed by atoms with Crippen LogP contribution in [0, 0.1) is 0 Å². The second-order valence-electron chi connectivity index (χ2n) is 5.81. The first kappa shape index (κ1) is 19.0. The van der Waals surface area contributed by atoms with Crippen molar-refractivity contribution in [3.8, 4) is 0 Å². The van der Waals surface area contributed by atoms with Crippen molar-refractivity contribution in [2.45, 2.75) is 32.8 Å². The number of nitrogens with one attached hydrogen (secondary N) is 3. The van der Waals surface area contributed by atoms with Gasteiger partial charge in [-0.3, -0.25) is 9.59 Å². The molecule has 0 bridgehead atoms. The summed E-state index contributed by atoms with van der Waals surface area (Å²) in [5.41, 5.74) is -0.604. The van der Waals surface area contributed by atoms with Crippen LogP contribution in [0.25, 0.3) is 0 Å². The molecule has 0 unspecified atom stereocenters. The summed E-state index contributed by atoms with van der Waals surface area (Å²) in [6.07, 6.45) is -0.303. The highest BCUT2D eigenvalue weighted by Crippen LogP contribution is 2.08. The summed E-state index contributed by atoms with van der Waals surface area (Å²) in [7, 11) is 0. The van der Waals surface area contributed by atoms with Crippen molar-refractivity contribution in [3.05, 3.63) is 22.4 Å². The molecule has 0 spiro atoms. The number of carbonyl (C=O) groups excluding carboxylic acids is 3. The van der Waals surface area contributed by atoms with Crippen molar-refractivity contribution in [1.29, 1.82) is 0 Å². The minimum absolute atomic E-state index is 0.0893. The van der Waals surface area contributed by atoms with Gasteiger partial charge in [0.15, 0.2) is 0 Å². The molecule has 8 heteroatoms. The molecule has 3 amide bonds. The first-order valence-corrected chi connectivity index (χ1v) is 8.17. The van der Waals surface area contributed by atoms with E-state index in [2.05, 4.69) is 16.0 Å². The molecule has 7 nitrogen and oxygen atoms in total. The van der Waals surface area contributed by atoms with Gasteiger partial charge >= 0.3 is 6.09 Å². The molecule has 0 aliphatic heterocycles.